The van der Waals surface area contributed by atoms with Gasteiger partial charge in [-0.25, -0.2) is 4.79 Å². The number of anilines is 1. The quantitative estimate of drug-likeness (QED) is 0.242. The van der Waals surface area contributed by atoms with Crippen LogP contribution >= 0.6 is 0 Å². The van der Waals surface area contributed by atoms with E-state index in [1.807, 2.05) is 0 Å². The molecule has 4 atom stereocenters. The third-order valence-corrected chi connectivity index (χ3v) is 4.74. The number of aliphatic hydroxyl groups excluding tert-OH is 2. The van der Waals surface area contributed by atoms with E-state index in [-0.39, 0.29) is 17.8 Å². The number of Topliss-reactive ketones (excluding diaryl/α,β-unsaturated/α-hetero) is 1. The maximum absolute atomic E-state index is 12.4. The van der Waals surface area contributed by atoms with E-state index in [0.717, 1.165) is 0 Å². The number of amides is 4. The molecule has 0 aromatic heterocycles. The molecule has 0 spiro atoms. The molecule has 1 aliphatic rings. The molecular formula is C20H24N4O8. The summed E-state index contributed by atoms with van der Waals surface area (Å²) in [6.45, 7) is 1.40. The maximum atomic E-state index is 12.4. The number of benzene rings is 1. The summed E-state index contributed by atoms with van der Waals surface area (Å²) in [6.07, 6.45) is -2.66. The summed E-state index contributed by atoms with van der Waals surface area (Å²) in [5, 5.41) is 36.2. The van der Waals surface area contributed by atoms with Crippen LogP contribution in [-0.4, -0.2) is 69.2 Å². The smallest absolute Gasteiger partial charge is 0.319 e. The summed E-state index contributed by atoms with van der Waals surface area (Å²) in [6, 6.07) is 2.65. The molecule has 8 N–H and O–H groups in total. The van der Waals surface area contributed by atoms with Crippen LogP contribution in [0.15, 0.2) is 35.9 Å². The minimum atomic E-state index is -1.47. The molecule has 0 bridgehead atoms. The first-order valence-corrected chi connectivity index (χ1v) is 9.55. The fourth-order valence-corrected chi connectivity index (χ4v) is 3.02. The second kappa shape index (κ2) is 10.5. The first-order chi connectivity index (χ1) is 15.0. The van der Waals surface area contributed by atoms with Crippen molar-refractivity contribution in [3.05, 3.63) is 41.5 Å². The van der Waals surface area contributed by atoms with Gasteiger partial charge in [-0.15, -0.1) is 0 Å². The third kappa shape index (κ3) is 6.62. The highest BCUT2D eigenvalue weighted by Crippen LogP contribution is 2.20. The lowest BCUT2D eigenvalue weighted by Crippen LogP contribution is -2.53. The van der Waals surface area contributed by atoms with E-state index in [1.54, 1.807) is 0 Å². The van der Waals surface area contributed by atoms with Crippen LogP contribution in [0, 0.1) is 0 Å². The van der Waals surface area contributed by atoms with Gasteiger partial charge in [-0.3, -0.25) is 19.2 Å². The molecule has 1 aromatic rings. The van der Waals surface area contributed by atoms with Gasteiger partial charge in [0.15, 0.2) is 5.78 Å². The number of carboxylic acid groups (broad SMARTS) is 1. The molecule has 0 unspecified atom stereocenters. The zero-order chi connectivity index (χ0) is 24.0. The van der Waals surface area contributed by atoms with Crippen LogP contribution in [0.25, 0.3) is 0 Å². The van der Waals surface area contributed by atoms with E-state index < -0.39 is 54.5 Å². The van der Waals surface area contributed by atoms with Crippen molar-refractivity contribution in [1.29, 1.82) is 0 Å². The van der Waals surface area contributed by atoms with Gasteiger partial charge in [-0.1, -0.05) is 6.08 Å². The predicted octanol–water partition coefficient (Wildman–Crippen LogP) is -1.12. The SMILES string of the molecule is CC(=O)c1ccc(NC(=O)N[C@@H]2C=C(C(=O)N[C@H](CC(=O)O)C(N)=O)C[C@@H](O)[C@@H]2O)cc1. The molecule has 0 radical (unpaired) electrons. The molecular weight excluding hydrogens is 424 g/mol. The average molecular weight is 448 g/mol. The molecule has 0 fully saturated rings. The van der Waals surface area contributed by atoms with Gasteiger partial charge in [-0.2, -0.15) is 0 Å². The van der Waals surface area contributed by atoms with Gasteiger partial charge in [0.1, 0.15) is 12.1 Å². The molecule has 172 valence electrons. The third-order valence-electron chi connectivity index (χ3n) is 4.74. The Kier molecular flexibility index (Phi) is 8.04. The van der Waals surface area contributed by atoms with Gasteiger partial charge < -0.3 is 37.0 Å². The minimum Gasteiger partial charge on any atom is -0.481 e. The summed E-state index contributed by atoms with van der Waals surface area (Å²) in [5.74, 6) is -3.41. The number of aliphatic hydroxyl groups is 2. The molecule has 12 nitrogen and oxygen atoms in total. The Morgan fingerprint density at radius 1 is 1.12 bits per heavy atom. The monoisotopic (exact) mass is 448 g/mol. The van der Waals surface area contributed by atoms with Gasteiger partial charge in [0.25, 0.3) is 0 Å². The van der Waals surface area contributed by atoms with Crippen molar-refractivity contribution in [1.82, 2.24) is 10.6 Å². The average Bonchev–Trinajstić information content (AvgIpc) is 2.70. The van der Waals surface area contributed by atoms with Gasteiger partial charge in [0.05, 0.1) is 18.6 Å². The molecule has 1 aliphatic carbocycles. The highest BCUT2D eigenvalue weighted by atomic mass is 16.4. The second-order valence-electron chi connectivity index (χ2n) is 7.24. The van der Waals surface area contributed by atoms with Crippen LogP contribution in [0.2, 0.25) is 0 Å². The molecule has 0 heterocycles. The number of carbonyl (C=O) groups excluding carboxylic acids is 4. The van der Waals surface area contributed by atoms with Crippen LogP contribution in [0.3, 0.4) is 0 Å². The van der Waals surface area contributed by atoms with Crippen molar-refractivity contribution in [2.24, 2.45) is 5.73 Å². The summed E-state index contributed by atoms with van der Waals surface area (Å²) in [5.41, 5.74) is 5.84. The van der Waals surface area contributed by atoms with Crippen molar-refractivity contribution in [2.45, 2.75) is 44.1 Å². The van der Waals surface area contributed by atoms with Crippen molar-refractivity contribution in [3.63, 3.8) is 0 Å². The van der Waals surface area contributed by atoms with Crippen LogP contribution < -0.4 is 21.7 Å². The summed E-state index contributed by atoms with van der Waals surface area (Å²) < 4.78 is 0. The Hall–Kier alpha value is -3.77. The standard InChI is InChI=1S/C20H24N4O8/c1-9(25)10-2-4-12(5-3-10)22-20(32)24-13-6-11(7-15(26)17(13)29)19(31)23-14(18(21)30)8-16(27)28/h2-6,13-15,17,26,29H,7-8H2,1H3,(H2,21,30)(H,23,31)(H,27,28)(H2,22,24,32)/t13-,14-,15-,17-/m1/s1. The Balaban J connectivity index is 2.09. The number of nitrogens with one attached hydrogen (secondary N) is 3. The molecule has 32 heavy (non-hydrogen) atoms. The Morgan fingerprint density at radius 3 is 2.28 bits per heavy atom. The number of rotatable bonds is 8. The van der Waals surface area contributed by atoms with Gasteiger partial charge >= 0.3 is 12.0 Å². The molecule has 2 rings (SSSR count). The first kappa shape index (κ1) is 24.5. The van der Waals surface area contributed by atoms with Crippen LogP contribution in [0.1, 0.15) is 30.1 Å². The van der Waals surface area contributed by atoms with Crippen LogP contribution in [0.5, 0.6) is 0 Å². The molecule has 0 saturated carbocycles. The molecule has 1 aromatic carbocycles. The van der Waals surface area contributed by atoms with E-state index in [9.17, 15) is 34.2 Å². The number of carboxylic acids is 1. The summed E-state index contributed by atoms with van der Waals surface area (Å²) in [7, 11) is 0. The molecule has 4 amide bonds. The number of nitrogens with two attached hydrogens (primary N) is 1. The van der Waals surface area contributed by atoms with Gasteiger partial charge in [-0.05, 0) is 31.2 Å². The number of ketones is 1. The first-order valence-electron chi connectivity index (χ1n) is 9.55. The fourth-order valence-electron chi connectivity index (χ4n) is 3.02. The normalized spacial score (nSPS) is 21.0. The number of hydrogen-bond donors (Lipinski definition) is 7. The minimum absolute atomic E-state index is 0.0736. The number of primary amides is 1. The number of hydrogen-bond acceptors (Lipinski definition) is 7. The second-order valence-corrected chi connectivity index (χ2v) is 7.24. The lowest BCUT2D eigenvalue weighted by atomic mass is 9.90. The summed E-state index contributed by atoms with van der Waals surface area (Å²) >= 11 is 0. The highest BCUT2D eigenvalue weighted by Gasteiger charge is 2.34. The van der Waals surface area contributed by atoms with Crippen molar-refractivity contribution in [3.8, 4) is 0 Å². The Labute approximate surface area is 182 Å². The van der Waals surface area contributed by atoms with E-state index in [4.69, 9.17) is 10.8 Å². The molecule has 12 heteroatoms. The van der Waals surface area contributed by atoms with Gasteiger partial charge in [0.2, 0.25) is 11.8 Å². The summed E-state index contributed by atoms with van der Waals surface area (Å²) in [4.78, 5) is 58.2. The highest BCUT2D eigenvalue weighted by molar-refractivity contribution is 5.98. The number of aliphatic carboxylic acids is 1. The molecule has 0 saturated heterocycles. The zero-order valence-corrected chi connectivity index (χ0v) is 17.1. The van der Waals surface area contributed by atoms with Crippen molar-refractivity contribution < 1.29 is 39.3 Å². The topological polar surface area (TPSA) is 208 Å². The van der Waals surface area contributed by atoms with Crippen LogP contribution in [0.4, 0.5) is 10.5 Å². The van der Waals surface area contributed by atoms with Crippen molar-refractivity contribution in [2.75, 3.05) is 5.32 Å². The van der Waals surface area contributed by atoms with E-state index >= 15 is 0 Å². The number of urea groups is 1. The van der Waals surface area contributed by atoms with Gasteiger partial charge in [0, 0.05) is 23.2 Å². The zero-order valence-electron chi connectivity index (χ0n) is 17.1. The van der Waals surface area contributed by atoms with Crippen molar-refractivity contribution >= 4 is 35.3 Å². The largest absolute Gasteiger partial charge is 0.481 e. The predicted molar refractivity (Wildman–Crippen MR) is 110 cm³/mol. The fraction of sp³-hybridized carbons (Fsp3) is 0.350. The molecule has 0 aliphatic heterocycles. The Morgan fingerprint density at radius 2 is 1.75 bits per heavy atom. The lowest BCUT2D eigenvalue weighted by Gasteiger charge is -2.31. The lowest BCUT2D eigenvalue weighted by molar-refractivity contribution is -0.140. The van der Waals surface area contributed by atoms with Crippen LogP contribution in [-0.2, 0) is 14.4 Å². The van der Waals surface area contributed by atoms with E-state index in [1.165, 1.54) is 37.3 Å². The Bertz CT molecular complexity index is 943. The van der Waals surface area contributed by atoms with E-state index in [2.05, 4.69) is 16.0 Å². The number of carbonyl (C=O) groups is 5. The van der Waals surface area contributed by atoms with E-state index in [0.29, 0.717) is 11.3 Å². The maximum Gasteiger partial charge on any atom is 0.319 e.